The molecule has 1 atom stereocenters. The van der Waals surface area contributed by atoms with Gasteiger partial charge in [-0.15, -0.1) is 0 Å². The van der Waals surface area contributed by atoms with Gasteiger partial charge in [-0.25, -0.2) is 13.6 Å². The minimum Gasteiger partial charge on any atom is -0.449 e. The van der Waals surface area contributed by atoms with Gasteiger partial charge in [-0.1, -0.05) is 24.3 Å². The minimum absolute atomic E-state index is 0.170. The number of anilines is 1. The third-order valence-electron chi connectivity index (χ3n) is 4.75. The number of para-hydroxylation sites is 1. The quantitative estimate of drug-likeness (QED) is 0.843. The number of amides is 1. The zero-order valence-corrected chi connectivity index (χ0v) is 14.7. The largest absolute Gasteiger partial charge is 0.449 e. The third-order valence-corrected chi connectivity index (χ3v) is 4.75. The van der Waals surface area contributed by atoms with Gasteiger partial charge >= 0.3 is 6.09 Å². The number of halogens is 2. The van der Waals surface area contributed by atoms with Crippen LogP contribution in [-0.2, 0) is 4.74 Å². The molecule has 0 bridgehead atoms. The SMILES string of the molecule is CN1CCCC1CCOC(=O)Nc1ccccc1-c1c(F)cccc1F. The molecule has 2 aromatic rings. The molecular formula is C20H22F2N2O2. The summed E-state index contributed by atoms with van der Waals surface area (Å²) in [5, 5.41) is 2.59. The van der Waals surface area contributed by atoms with E-state index in [0.717, 1.165) is 25.8 Å². The Bertz CT molecular complexity index is 762. The highest BCUT2D eigenvalue weighted by molar-refractivity contribution is 5.91. The number of rotatable bonds is 5. The Morgan fingerprint density at radius 2 is 1.92 bits per heavy atom. The average Bonchev–Trinajstić information content (AvgIpc) is 3.01. The number of likely N-dealkylation sites (tertiary alicyclic amines) is 1. The summed E-state index contributed by atoms with van der Waals surface area (Å²) in [5.74, 6) is -1.37. The van der Waals surface area contributed by atoms with E-state index in [0.29, 0.717) is 18.3 Å². The Kier molecular flexibility index (Phi) is 5.83. The van der Waals surface area contributed by atoms with Crippen LogP contribution in [0, 0.1) is 11.6 Å². The van der Waals surface area contributed by atoms with E-state index in [1.807, 2.05) is 0 Å². The standard InChI is InChI=1S/C20H22F2N2O2/c1-24-12-5-6-14(24)11-13-26-20(25)23-18-10-3-2-7-15(18)19-16(21)8-4-9-17(19)22/h2-4,7-10,14H,5-6,11-13H2,1H3,(H,23,25). The predicted octanol–water partition coefficient (Wildman–Crippen LogP) is 4.66. The van der Waals surface area contributed by atoms with Crippen LogP contribution in [0.3, 0.4) is 0 Å². The maximum atomic E-state index is 14.1. The molecule has 2 aromatic carbocycles. The van der Waals surface area contributed by atoms with Crippen molar-refractivity contribution < 1.29 is 18.3 Å². The lowest BCUT2D eigenvalue weighted by molar-refractivity contribution is 0.147. The molecule has 6 heteroatoms. The van der Waals surface area contributed by atoms with Crippen molar-refractivity contribution in [1.82, 2.24) is 4.90 Å². The van der Waals surface area contributed by atoms with Crippen molar-refractivity contribution in [3.63, 3.8) is 0 Å². The van der Waals surface area contributed by atoms with E-state index in [-0.39, 0.29) is 11.1 Å². The van der Waals surface area contributed by atoms with Crippen molar-refractivity contribution in [1.29, 1.82) is 0 Å². The van der Waals surface area contributed by atoms with Crippen LogP contribution in [0.15, 0.2) is 42.5 Å². The van der Waals surface area contributed by atoms with E-state index >= 15 is 0 Å². The van der Waals surface area contributed by atoms with Gasteiger partial charge in [0.05, 0.1) is 17.9 Å². The first kappa shape index (κ1) is 18.3. The van der Waals surface area contributed by atoms with E-state index in [1.54, 1.807) is 24.3 Å². The first-order chi connectivity index (χ1) is 12.6. The molecule has 0 radical (unpaired) electrons. The van der Waals surface area contributed by atoms with Crippen LogP contribution in [0.25, 0.3) is 11.1 Å². The second-order valence-corrected chi connectivity index (χ2v) is 6.47. The van der Waals surface area contributed by atoms with Crippen LogP contribution in [0.2, 0.25) is 0 Å². The summed E-state index contributed by atoms with van der Waals surface area (Å²) < 4.78 is 33.4. The summed E-state index contributed by atoms with van der Waals surface area (Å²) in [6, 6.07) is 10.6. The highest BCUT2D eigenvalue weighted by Crippen LogP contribution is 2.32. The number of carbonyl (C=O) groups is 1. The second kappa shape index (κ2) is 8.27. The fourth-order valence-electron chi connectivity index (χ4n) is 3.34. The monoisotopic (exact) mass is 360 g/mol. The van der Waals surface area contributed by atoms with Crippen LogP contribution >= 0.6 is 0 Å². The minimum atomic E-state index is -0.683. The van der Waals surface area contributed by atoms with Gasteiger partial charge in [0.25, 0.3) is 0 Å². The van der Waals surface area contributed by atoms with Gasteiger partial charge in [-0.3, -0.25) is 5.32 Å². The lowest BCUT2D eigenvalue weighted by Gasteiger charge is -2.19. The maximum absolute atomic E-state index is 14.1. The van der Waals surface area contributed by atoms with E-state index in [2.05, 4.69) is 17.3 Å². The Labute approximate surface area is 151 Å². The maximum Gasteiger partial charge on any atom is 0.411 e. The van der Waals surface area contributed by atoms with Gasteiger partial charge in [0, 0.05) is 11.6 Å². The van der Waals surface area contributed by atoms with Gasteiger partial charge in [0.2, 0.25) is 0 Å². The highest BCUT2D eigenvalue weighted by atomic mass is 19.1. The second-order valence-electron chi connectivity index (χ2n) is 6.47. The molecule has 1 unspecified atom stereocenters. The lowest BCUT2D eigenvalue weighted by atomic mass is 10.0. The summed E-state index contributed by atoms with van der Waals surface area (Å²) in [6.07, 6.45) is 2.41. The molecule has 3 rings (SSSR count). The number of benzene rings is 2. The molecule has 1 aliphatic heterocycles. The first-order valence-corrected chi connectivity index (χ1v) is 8.73. The molecule has 1 N–H and O–H groups in total. The van der Waals surface area contributed by atoms with Gasteiger partial charge < -0.3 is 9.64 Å². The van der Waals surface area contributed by atoms with Crippen molar-refractivity contribution in [3.05, 3.63) is 54.1 Å². The molecule has 0 saturated carbocycles. The van der Waals surface area contributed by atoms with Crippen molar-refractivity contribution in [2.24, 2.45) is 0 Å². The van der Waals surface area contributed by atoms with Crippen LogP contribution in [-0.4, -0.2) is 37.2 Å². The summed E-state index contributed by atoms with van der Waals surface area (Å²) in [5.41, 5.74) is 0.408. The van der Waals surface area contributed by atoms with Crippen LogP contribution in [0.1, 0.15) is 19.3 Å². The van der Waals surface area contributed by atoms with Crippen LogP contribution < -0.4 is 5.32 Å². The van der Waals surface area contributed by atoms with Gasteiger partial charge in [0.1, 0.15) is 11.6 Å². The Hall–Kier alpha value is -2.47. The molecule has 1 saturated heterocycles. The average molecular weight is 360 g/mol. The Balaban J connectivity index is 1.66. The molecule has 1 amide bonds. The number of ether oxygens (including phenoxy) is 1. The zero-order valence-electron chi connectivity index (χ0n) is 14.7. The van der Waals surface area contributed by atoms with Crippen molar-refractivity contribution in [2.45, 2.75) is 25.3 Å². The summed E-state index contributed by atoms with van der Waals surface area (Å²) in [4.78, 5) is 14.3. The first-order valence-electron chi connectivity index (χ1n) is 8.73. The van der Waals surface area contributed by atoms with Gasteiger partial charge in [-0.05, 0) is 51.1 Å². The van der Waals surface area contributed by atoms with Crippen molar-refractivity contribution >= 4 is 11.8 Å². The smallest absolute Gasteiger partial charge is 0.411 e. The molecule has 0 aliphatic carbocycles. The molecule has 1 fully saturated rings. The van der Waals surface area contributed by atoms with E-state index in [9.17, 15) is 13.6 Å². The highest BCUT2D eigenvalue weighted by Gasteiger charge is 2.21. The number of nitrogens with one attached hydrogen (secondary N) is 1. The number of carbonyl (C=O) groups excluding carboxylic acids is 1. The Morgan fingerprint density at radius 3 is 2.62 bits per heavy atom. The van der Waals surface area contributed by atoms with E-state index in [4.69, 9.17) is 4.74 Å². The predicted molar refractivity (Wildman–Crippen MR) is 97.0 cm³/mol. The fourth-order valence-corrected chi connectivity index (χ4v) is 3.34. The number of nitrogens with zero attached hydrogens (tertiary/aromatic N) is 1. The summed E-state index contributed by atoms with van der Waals surface area (Å²) in [6.45, 7) is 1.37. The van der Waals surface area contributed by atoms with Gasteiger partial charge in [-0.2, -0.15) is 0 Å². The molecule has 0 aromatic heterocycles. The number of hydrogen-bond donors (Lipinski definition) is 1. The topological polar surface area (TPSA) is 41.6 Å². The van der Waals surface area contributed by atoms with E-state index in [1.165, 1.54) is 18.2 Å². The number of hydrogen-bond acceptors (Lipinski definition) is 3. The third kappa shape index (κ3) is 4.19. The normalized spacial score (nSPS) is 17.3. The molecule has 138 valence electrons. The molecule has 0 spiro atoms. The van der Waals surface area contributed by atoms with Gasteiger partial charge in [0.15, 0.2) is 0 Å². The van der Waals surface area contributed by atoms with Crippen molar-refractivity contribution in [3.8, 4) is 11.1 Å². The molecule has 1 heterocycles. The Morgan fingerprint density at radius 1 is 1.19 bits per heavy atom. The fraction of sp³-hybridized carbons (Fsp3) is 0.350. The summed E-state index contributed by atoms with van der Waals surface area (Å²) in [7, 11) is 2.07. The van der Waals surface area contributed by atoms with Crippen LogP contribution in [0.4, 0.5) is 19.3 Å². The van der Waals surface area contributed by atoms with Crippen molar-refractivity contribution in [2.75, 3.05) is 25.5 Å². The summed E-state index contributed by atoms with van der Waals surface area (Å²) >= 11 is 0. The molecule has 26 heavy (non-hydrogen) atoms. The molecular weight excluding hydrogens is 338 g/mol. The molecule has 4 nitrogen and oxygen atoms in total. The van der Waals surface area contributed by atoms with Crippen LogP contribution in [0.5, 0.6) is 0 Å². The lowest BCUT2D eigenvalue weighted by Crippen LogP contribution is -2.27. The van der Waals surface area contributed by atoms with E-state index < -0.39 is 17.7 Å². The zero-order chi connectivity index (χ0) is 18.5. The molecule has 1 aliphatic rings.